The van der Waals surface area contributed by atoms with E-state index in [2.05, 4.69) is 10.6 Å². The minimum Gasteiger partial charge on any atom is -0.465 e. The van der Waals surface area contributed by atoms with Crippen LogP contribution in [0.25, 0.3) is 0 Å². The Hall–Kier alpha value is -8.62. The summed E-state index contributed by atoms with van der Waals surface area (Å²) in [6.45, 7) is 19.9. The van der Waals surface area contributed by atoms with Crippen molar-refractivity contribution >= 4 is 83.2 Å². The molecule has 7 rings (SSSR count). The van der Waals surface area contributed by atoms with Crippen molar-refractivity contribution in [3.05, 3.63) is 159 Å². The zero-order chi connectivity index (χ0) is 59.9. The fraction of sp³-hybridized carbons (Fsp3) is 0.361. The van der Waals surface area contributed by atoms with Crippen molar-refractivity contribution in [2.75, 3.05) is 35.4 Å². The lowest BCUT2D eigenvalue weighted by molar-refractivity contribution is -0.146. The number of carbonyl (C=O) groups is 9. The Morgan fingerprint density at radius 3 is 1.15 bits per heavy atom. The molecule has 20 nitrogen and oxygen atoms in total. The number of benzene rings is 5. The summed E-state index contributed by atoms with van der Waals surface area (Å²) in [7, 11) is 0. The molecule has 5 aromatic rings. The number of alkyl carbamates (subject to hydrolysis) is 2. The van der Waals surface area contributed by atoms with Gasteiger partial charge in [0.15, 0.2) is 0 Å². The van der Waals surface area contributed by atoms with Gasteiger partial charge in [-0.15, -0.1) is 12.4 Å². The third kappa shape index (κ3) is 17.9. The largest absolute Gasteiger partial charge is 0.465 e. The van der Waals surface area contributed by atoms with E-state index in [1.54, 1.807) is 172 Å². The van der Waals surface area contributed by atoms with Gasteiger partial charge in [-0.05, 0) is 159 Å². The number of nitrogens with zero attached hydrogens (tertiary/aromatic N) is 2. The van der Waals surface area contributed by atoms with Crippen LogP contribution < -0.4 is 31.9 Å². The van der Waals surface area contributed by atoms with Crippen LogP contribution in [0, 0.1) is 13.8 Å². The van der Waals surface area contributed by atoms with Crippen molar-refractivity contribution in [2.45, 2.75) is 125 Å². The average molecular weight is 1150 g/mol. The number of rotatable bonds is 16. The molecule has 6 amide bonds. The molecule has 0 bridgehead atoms. The summed E-state index contributed by atoms with van der Waals surface area (Å²) in [6.07, 6.45) is -0.599. The van der Waals surface area contributed by atoms with E-state index in [1.165, 1.54) is 4.90 Å². The first kappa shape index (κ1) is 65.9. The molecule has 0 fully saturated rings. The van der Waals surface area contributed by atoms with Gasteiger partial charge >= 0.3 is 30.1 Å². The Morgan fingerprint density at radius 2 is 0.817 bits per heavy atom. The highest BCUT2D eigenvalue weighted by atomic mass is 35.5. The smallest absolute Gasteiger partial charge is 0.408 e. The third-order valence-corrected chi connectivity index (χ3v) is 12.1. The van der Waals surface area contributed by atoms with Crippen LogP contribution in [0.1, 0.15) is 132 Å². The van der Waals surface area contributed by atoms with Crippen LogP contribution in [0.3, 0.4) is 0 Å². The van der Waals surface area contributed by atoms with Gasteiger partial charge in [0.1, 0.15) is 29.3 Å². The zero-order valence-electron chi connectivity index (χ0n) is 48.0. The van der Waals surface area contributed by atoms with Crippen LogP contribution in [-0.2, 0) is 57.3 Å². The SMILES string of the molecule is CCOC(=O)[C@@H](N)Cc1ccc(N2C(=O)c3cccc(C)c3C2=O)cc1.CCOC(=O)[C@H](Cc1ccc(N)cc1)NC(=O)OC(C)(C)C.CCOC(=O)[C@H](Cc1ccc(N2C(=O)c3cccc(C)c3C2=O)cc1)NC(=O)OC(C)(C)C.Cl. The molecule has 0 unspecified atom stereocenters. The molecule has 2 aliphatic rings. The first-order chi connectivity index (χ1) is 38.2. The summed E-state index contributed by atoms with van der Waals surface area (Å²) in [5.41, 5.74) is 17.2. The Labute approximate surface area is 483 Å². The molecule has 0 saturated heterocycles. The van der Waals surface area contributed by atoms with Gasteiger partial charge in [0, 0.05) is 18.5 Å². The fourth-order valence-corrected chi connectivity index (χ4v) is 8.42. The van der Waals surface area contributed by atoms with Crippen LogP contribution in [0.5, 0.6) is 0 Å². The van der Waals surface area contributed by atoms with E-state index < -0.39 is 59.4 Å². The monoisotopic (exact) mass is 1150 g/mol. The molecule has 21 heteroatoms. The molecule has 0 saturated carbocycles. The maximum absolute atomic E-state index is 12.9. The summed E-state index contributed by atoms with van der Waals surface area (Å²) in [4.78, 5) is 113. The van der Waals surface area contributed by atoms with Gasteiger partial charge in [0.25, 0.3) is 23.6 Å². The van der Waals surface area contributed by atoms with Crippen LogP contribution in [-0.4, -0.2) is 103 Å². The first-order valence-electron chi connectivity index (χ1n) is 26.4. The Bertz CT molecular complexity index is 3120. The molecule has 0 aromatic heterocycles. The molecule has 0 spiro atoms. The van der Waals surface area contributed by atoms with Crippen molar-refractivity contribution in [3.8, 4) is 0 Å². The number of hydrogen-bond acceptors (Lipinski definition) is 16. The lowest BCUT2D eigenvalue weighted by atomic mass is 10.0. The van der Waals surface area contributed by atoms with Crippen LogP contribution in [0.2, 0.25) is 0 Å². The second kappa shape index (κ2) is 29.2. The van der Waals surface area contributed by atoms with Gasteiger partial charge in [-0.1, -0.05) is 60.7 Å². The highest BCUT2D eigenvalue weighted by Crippen LogP contribution is 2.32. The number of esters is 3. The van der Waals surface area contributed by atoms with Crippen LogP contribution >= 0.6 is 12.4 Å². The van der Waals surface area contributed by atoms with Crippen molar-refractivity contribution in [1.29, 1.82) is 0 Å². The van der Waals surface area contributed by atoms with Crippen LogP contribution in [0.4, 0.5) is 26.7 Å². The number of nitrogens with two attached hydrogens (primary N) is 2. The number of nitrogen functional groups attached to an aromatic ring is 1. The fourth-order valence-electron chi connectivity index (χ4n) is 8.42. The van der Waals surface area contributed by atoms with Crippen LogP contribution in [0.15, 0.2) is 109 Å². The molecule has 2 heterocycles. The number of amides is 6. The van der Waals surface area contributed by atoms with Gasteiger partial charge in [-0.3, -0.25) is 24.0 Å². The van der Waals surface area contributed by atoms with E-state index >= 15 is 0 Å². The number of nitrogens with one attached hydrogen (secondary N) is 2. The molecular weight excluding hydrogens is 1080 g/mol. The van der Waals surface area contributed by atoms with Gasteiger partial charge in [0.05, 0.1) is 53.4 Å². The normalized spacial score (nSPS) is 13.5. The summed E-state index contributed by atoms with van der Waals surface area (Å²) < 4.78 is 25.4. The first-order valence-corrected chi connectivity index (χ1v) is 26.4. The highest BCUT2D eigenvalue weighted by Gasteiger charge is 2.39. The Balaban J connectivity index is 0.000000269. The molecule has 6 N–H and O–H groups in total. The lowest BCUT2D eigenvalue weighted by Gasteiger charge is -2.23. The van der Waals surface area contributed by atoms with Crippen molar-refractivity contribution in [2.24, 2.45) is 5.73 Å². The molecular formula is C61H73ClN6O14. The highest BCUT2D eigenvalue weighted by molar-refractivity contribution is 6.35. The molecule has 2 aliphatic heterocycles. The maximum atomic E-state index is 12.9. The maximum Gasteiger partial charge on any atom is 0.408 e. The van der Waals surface area contributed by atoms with E-state index in [4.69, 9.17) is 35.2 Å². The summed E-state index contributed by atoms with van der Waals surface area (Å²) in [6, 6.07) is 28.6. The van der Waals surface area contributed by atoms with Crippen molar-refractivity contribution in [3.63, 3.8) is 0 Å². The number of hydrogen-bond donors (Lipinski definition) is 4. The van der Waals surface area contributed by atoms with E-state index in [1.807, 2.05) is 13.0 Å². The summed E-state index contributed by atoms with van der Waals surface area (Å²) in [5, 5.41) is 5.11. The lowest BCUT2D eigenvalue weighted by Crippen LogP contribution is -2.45. The zero-order valence-corrected chi connectivity index (χ0v) is 48.9. The number of carbonyl (C=O) groups excluding carboxylic acids is 9. The second-order valence-electron chi connectivity index (χ2n) is 20.8. The third-order valence-electron chi connectivity index (χ3n) is 12.1. The molecule has 0 aliphatic carbocycles. The molecule has 438 valence electrons. The molecule has 0 radical (unpaired) electrons. The molecule has 3 atom stereocenters. The van der Waals surface area contributed by atoms with Gasteiger partial charge in [0.2, 0.25) is 0 Å². The van der Waals surface area contributed by atoms with Crippen molar-refractivity contribution < 1.29 is 66.8 Å². The Morgan fingerprint density at radius 1 is 0.488 bits per heavy atom. The number of anilines is 3. The number of halogens is 1. The number of ether oxygens (including phenoxy) is 5. The van der Waals surface area contributed by atoms with Gasteiger partial charge in [-0.25, -0.2) is 29.0 Å². The molecule has 5 aromatic carbocycles. The number of imide groups is 2. The van der Waals surface area contributed by atoms with Gasteiger partial charge < -0.3 is 45.8 Å². The van der Waals surface area contributed by atoms with E-state index in [0.29, 0.717) is 57.7 Å². The number of aryl methyl sites for hydroxylation is 2. The average Bonchev–Trinajstić information content (AvgIpc) is 3.81. The molecule has 82 heavy (non-hydrogen) atoms. The minimum atomic E-state index is -0.951. The summed E-state index contributed by atoms with van der Waals surface area (Å²) >= 11 is 0. The standard InChI is InChI=1S/C25H28N2O6.C20H20N2O4.C16H24N2O4.ClH/c1-6-32-23(30)19(26-24(31)33-25(3,4)5)14-16-10-12-17(13-11-16)27-21(28)18-9-7-8-15(2)20(18)22(27)29;1-3-26-20(25)16(21)11-13-7-9-14(10-8-13)22-18(23)15-6-4-5-12(2)17(15)19(22)24;1-5-21-14(19)13(18-15(20)22-16(2,3)4)10-11-6-8-12(17)9-7-11;/h7-13,19H,6,14H2,1-5H3,(H,26,31);4-10,16H,3,11,21H2,1-2H3;6-9,13H,5,10,17H2,1-4H3,(H,18,20);1H/t19-;16-;13-;/m000./s1. The Kier molecular flexibility index (Phi) is 23.5. The van der Waals surface area contributed by atoms with E-state index in [0.717, 1.165) is 27.2 Å². The predicted molar refractivity (Wildman–Crippen MR) is 311 cm³/mol. The summed E-state index contributed by atoms with van der Waals surface area (Å²) in [5.74, 6) is -2.91. The minimum absolute atomic E-state index is 0. The predicted octanol–water partition coefficient (Wildman–Crippen LogP) is 8.71. The van der Waals surface area contributed by atoms with Crippen molar-refractivity contribution in [1.82, 2.24) is 10.6 Å². The number of fused-ring (bicyclic) bond motifs is 2. The topological polar surface area (TPSA) is 282 Å². The van der Waals surface area contributed by atoms with E-state index in [9.17, 15) is 43.2 Å². The quantitative estimate of drug-likeness (QED) is 0.0311. The van der Waals surface area contributed by atoms with E-state index in [-0.39, 0.29) is 62.3 Å². The second-order valence-corrected chi connectivity index (χ2v) is 20.8. The van der Waals surface area contributed by atoms with Gasteiger partial charge in [-0.2, -0.15) is 0 Å².